The van der Waals surface area contributed by atoms with E-state index in [9.17, 15) is 19.8 Å². The van der Waals surface area contributed by atoms with Crippen molar-refractivity contribution < 1.29 is 24.5 Å². The largest absolute Gasteiger partial charge is 0.466 e. The Morgan fingerprint density at radius 3 is 1.14 bits per heavy atom. The van der Waals surface area contributed by atoms with Gasteiger partial charge in [0.2, 0.25) is 5.91 Å². The molecule has 416 valence electrons. The summed E-state index contributed by atoms with van der Waals surface area (Å²) in [5.41, 5.74) is 0. The molecule has 0 aliphatic heterocycles. The second kappa shape index (κ2) is 60.4. The lowest BCUT2D eigenvalue weighted by atomic mass is 10.0. The molecule has 0 radical (unpaired) electrons. The average molecular weight is 997 g/mol. The lowest BCUT2D eigenvalue weighted by Gasteiger charge is -2.20. The molecule has 0 bridgehead atoms. The van der Waals surface area contributed by atoms with Crippen molar-refractivity contribution in [2.75, 3.05) is 13.2 Å². The van der Waals surface area contributed by atoms with Gasteiger partial charge >= 0.3 is 5.97 Å². The highest BCUT2D eigenvalue weighted by molar-refractivity contribution is 5.76. The van der Waals surface area contributed by atoms with Crippen LogP contribution < -0.4 is 5.32 Å². The molecule has 1 amide bonds. The standard InChI is InChI=1S/C65H121NO5/c1-3-5-7-9-11-13-15-17-30-34-37-41-45-49-53-57-63(68)62(61-67)66-64(69)58-54-50-46-42-38-35-31-28-26-24-22-20-18-19-21-23-25-27-29-32-36-40-44-48-52-56-60-71-65(70)59-55-51-47-43-39-33-16-14-12-10-8-6-4-2/h8,10,14,16,18,20,53,57,62-63,67-68H,3-7,9,11-13,15,17,19,21-52,54-56,58-61H2,1-2H3,(H,66,69)/b10-8-,16-14-,20-18-,57-53+. The average Bonchev–Trinajstić information content (AvgIpc) is 3.37. The van der Waals surface area contributed by atoms with E-state index in [2.05, 4.69) is 55.6 Å². The summed E-state index contributed by atoms with van der Waals surface area (Å²) < 4.78 is 5.47. The van der Waals surface area contributed by atoms with Gasteiger partial charge in [0, 0.05) is 12.8 Å². The molecule has 6 heteroatoms. The molecule has 71 heavy (non-hydrogen) atoms. The Balaban J connectivity index is 3.42. The molecule has 0 aromatic carbocycles. The summed E-state index contributed by atoms with van der Waals surface area (Å²) in [5.74, 6) is -0.0710. The Labute approximate surface area is 442 Å². The number of nitrogens with one attached hydrogen (secondary N) is 1. The van der Waals surface area contributed by atoms with Crippen LogP contribution in [0.3, 0.4) is 0 Å². The van der Waals surface area contributed by atoms with Crippen molar-refractivity contribution in [3.63, 3.8) is 0 Å². The number of carbonyl (C=O) groups excluding carboxylic acids is 2. The fourth-order valence-electron chi connectivity index (χ4n) is 9.49. The van der Waals surface area contributed by atoms with Gasteiger partial charge in [0.25, 0.3) is 0 Å². The van der Waals surface area contributed by atoms with Crippen molar-refractivity contribution in [1.82, 2.24) is 5.32 Å². The van der Waals surface area contributed by atoms with E-state index in [0.717, 1.165) is 51.4 Å². The Morgan fingerprint density at radius 1 is 0.394 bits per heavy atom. The zero-order chi connectivity index (χ0) is 51.4. The first-order chi connectivity index (χ1) is 35.0. The highest BCUT2D eigenvalue weighted by Crippen LogP contribution is 2.17. The van der Waals surface area contributed by atoms with Crippen LogP contribution in [-0.2, 0) is 14.3 Å². The van der Waals surface area contributed by atoms with Crippen LogP contribution in [0, 0.1) is 0 Å². The second-order valence-corrected chi connectivity index (χ2v) is 21.4. The topological polar surface area (TPSA) is 95.9 Å². The summed E-state index contributed by atoms with van der Waals surface area (Å²) in [6.07, 6.45) is 77.3. The van der Waals surface area contributed by atoms with E-state index in [-0.39, 0.29) is 18.5 Å². The number of ether oxygens (including phenoxy) is 1. The highest BCUT2D eigenvalue weighted by atomic mass is 16.5. The molecule has 0 heterocycles. The fraction of sp³-hybridized carbons (Fsp3) is 0.846. The molecule has 2 atom stereocenters. The zero-order valence-corrected chi connectivity index (χ0v) is 47.5. The van der Waals surface area contributed by atoms with Gasteiger partial charge in [-0.15, -0.1) is 0 Å². The third kappa shape index (κ3) is 57.0. The van der Waals surface area contributed by atoms with E-state index < -0.39 is 12.1 Å². The van der Waals surface area contributed by atoms with Gasteiger partial charge in [-0.3, -0.25) is 9.59 Å². The quantitative estimate of drug-likeness (QED) is 0.0321. The van der Waals surface area contributed by atoms with Crippen molar-refractivity contribution in [3.8, 4) is 0 Å². The number of unbranched alkanes of at least 4 members (excludes halogenated alkanes) is 41. The molecule has 0 fully saturated rings. The molecule has 0 saturated heterocycles. The Bertz CT molecular complexity index is 1190. The molecule has 0 spiro atoms. The van der Waals surface area contributed by atoms with Gasteiger partial charge in [0.1, 0.15) is 0 Å². The number of esters is 1. The van der Waals surface area contributed by atoms with Crippen molar-refractivity contribution in [2.24, 2.45) is 0 Å². The normalized spacial score (nSPS) is 12.9. The first-order valence-electron chi connectivity index (χ1n) is 31.4. The van der Waals surface area contributed by atoms with Crippen LogP contribution in [0.1, 0.15) is 328 Å². The summed E-state index contributed by atoms with van der Waals surface area (Å²) in [5, 5.41) is 23.1. The number of amides is 1. The minimum absolute atomic E-state index is 0.00183. The van der Waals surface area contributed by atoms with E-state index in [4.69, 9.17) is 4.74 Å². The monoisotopic (exact) mass is 996 g/mol. The van der Waals surface area contributed by atoms with Gasteiger partial charge < -0.3 is 20.3 Å². The molecule has 0 aliphatic rings. The molecule has 0 aromatic heterocycles. The van der Waals surface area contributed by atoms with E-state index in [0.29, 0.717) is 19.4 Å². The fourth-order valence-corrected chi connectivity index (χ4v) is 9.49. The summed E-state index contributed by atoms with van der Waals surface area (Å²) in [6.45, 7) is 4.84. The van der Waals surface area contributed by atoms with Crippen molar-refractivity contribution in [2.45, 2.75) is 341 Å². The van der Waals surface area contributed by atoms with Gasteiger partial charge in [-0.25, -0.2) is 0 Å². The molecule has 6 nitrogen and oxygen atoms in total. The molecule has 2 unspecified atom stereocenters. The first-order valence-corrected chi connectivity index (χ1v) is 31.4. The molecule has 0 aromatic rings. The van der Waals surface area contributed by atoms with Gasteiger partial charge in [0.05, 0.1) is 25.4 Å². The predicted molar refractivity (Wildman–Crippen MR) is 310 cm³/mol. The van der Waals surface area contributed by atoms with E-state index in [1.807, 2.05) is 6.08 Å². The van der Waals surface area contributed by atoms with Crippen LogP contribution in [0.25, 0.3) is 0 Å². The number of hydrogen-bond donors (Lipinski definition) is 3. The van der Waals surface area contributed by atoms with Gasteiger partial charge in [0.15, 0.2) is 0 Å². The summed E-state index contributed by atoms with van der Waals surface area (Å²) in [6, 6.07) is -0.630. The van der Waals surface area contributed by atoms with E-state index in [1.54, 1.807) is 6.08 Å². The molecular weight excluding hydrogens is 875 g/mol. The highest BCUT2D eigenvalue weighted by Gasteiger charge is 2.18. The Morgan fingerprint density at radius 2 is 0.732 bits per heavy atom. The molecule has 0 aliphatic carbocycles. The SMILES string of the molecule is CCC/C=C\C/C=C\CCCCCCCC(=O)OCCCCCCCCCCCCCC/C=C\CCCCCCCCCCCCC(=O)NC(CO)C(O)/C=C/CCCCCCCCCCCCCCC. The number of rotatable bonds is 58. The molecule has 0 rings (SSSR count). The number of aliphatic hydroxyl groups excluding tert-OH is 2. The van der Waals surface area contributed by atoms with Crippen LogP contribution in [0.5, 0.6) is 0 Å². The number of hydrogen-bond acceptors (Lipinski definition) is 5. The maximum absolute atomic E-state index is 12.5. The van der Waals surface area contributed by atoms with Gasteiger partial charge in [-0.05, 0) is 83.5 Å². The summed E-state index contributed by atoms with van der Waals surface area (Å²) >= 11 is 0. The van der Waals surface area contributed by atoms with Crippen molar-refractivity contribution >= 4 is 11.9 Å². The first kappa shape index (κ1) is 68.8. The Kier molecular flexibility index (Phi) is 58.5. The third-order valence-corrected chi connectivity index (χ3v) is 14.3. The number of carbonyl (C=O) groups is 2. The van der Waals surface area contributed by atoms with Crippen LogP contribution in [-0.4, -0.2) is 47.4 Å². The lowest BCUT2D eigenvalue weighted by Crippen LogP contribution is -2.45. The smallest absolute Gasteiger partial charge is 0.305 e. The molecule has 0 saturated carbocycles. The van der Waals surface area contributed by atoms with Gasteiger partial charge in [-0.1, -0.05) is 281 Å². The zero-order valence-electron chi connectivity index (χ0n) is 47.5. The van der Waals surface area contributed by atoms with Crippen molar-refractivity contribution in [1.29, 1.82) is 0 Å². The Hall–Kier alpha value is -2.18. The van der Waals surface area contributed by atoms with Crippen LogP contribution in [0.4, 0.5) is 0 Å². The minimum Gasteiger partial charge on any atom is -0.466 e. The minimum atomic E-state index is -0.846. The molecule has 3 N–H and O–H groups in total. The summed E-state index contributed by atoms with van der Waals surface area (Å²) in [4.78, 5) is 24.5. The number of allylic oxidation sites excluding steroid dienone is 7. The third-order valence-electron chi connectivity index (χ3n) is 14.3. The van der Waals surface area contributed by atoms with Crippen molar-refractivity contribution in [3.05, 3.63) is 48.6 Å². The van der Waals surface area contributed by atoms with Gasteiger partial charge in [-0.2, -0.15) is 0 Å². The lowest BCUT2D eigenvalue weighted by molar-refractivity contribution is -0.143. The van der Waals surface area contributed by atoms with Crippen LogP contribution >= 0.6 is 0 Å². The second-order valence-electron chi connectivity index (χ2n) is 21.4. The number of aliphatic hydroxyl groups is 2. The maximum atomic E-state index is 12.5. The summed E-state index contributed by atoms with van der Waals surface area (Å²) in [7, 11) is 0. The maximum Gasteiger partial charge on any atom is 0.305 e. The van der Waals surface area contributed by atoms with Crippen LogP contribution in [0.15, 0.2) is 48.6 Å². The van der Waals surface area contributed by atoms with E-state index >= 15 is 0 Å². The predicted octanol–water partition coefficient (Wildman–Crippen LogP) is 19.7. The van der Waals surface area contributed by atoms with Crippen LogP contribution in [0.2, 0.25) is 0 Å². The van der Waals surface area contributed by atoms with E-state index in [1.165, 1.54) is 250 Å². The molecular formula is C65H121NO5.